The van der Waals surface area contributed by atoms with Crippen LogP contribution in [0, 0.1) is 0 Å². The van der Waals surface area contributed by atoms with Crippen molar-refractivity contribution in [2.24, 2.45) is 0 Å². The Morgan fingerprint density at radius 3 is 2.29 bits per heavy atom. The smallest absolute Gasteiger partial charge is 0.256 e. The monoisotopic (exact) mass is 435 g/mol. The fraction of sp³-hybridized carbons (Fsp3) is 0.696. The number of hydrogen-bond donors (Lipinski definition) is 1. The van der Waals surface area contributed by atoms with Crippen LogP contribution in [0.2, 0.25) is 0 Å². The van der Waals surface area contributed by atoms with E-state index in [1.165, 1.54) is 0 Å². The molecule has 1 aromatic rings. The van der Waals surface area contributed by atoms with Gasteiger partial charge in [0.05, 0.1) is 6.61 Å². The van der Waals surface area contributed by atoms with E-state index in [0.29, 0.717) is 12.3 Å². The molecule has 0 unspecified atom stereocenters. The van der Waals surface area contributed by atoms with Gasteiger partial charge in [-0.3, -0.25) is 4.79 Å². The number of rotatable bonds is 7. The van der Waals surface area contributed by atoms with Gasteiger partial charge >= 0.3 is 0 Å². The van der Waals surface area contributed by atoms with Gasteiger partial charge in [0.25, 0.3) is 5.91 Å². The first kappa shape index (κ1) is 22.5. The highest BCUT2D eigenvalue weighted by molar-refractivity contribution is 5.94. The number of amides is 1. The van der Waals surface area contributed by atoms with E-state index in [1.54, 1.807) is 0 Å². The summed E-state index contributed by atoms with van der Waals surface area (Å²) in [6.45, 7) is 10.1. The number of benzene rings is 1. The highest BCUT2D eigenvalue weighted by Gasteiger charge is 2.62. The second-order valence-corrected chi connectivity index (χ2v) is 9.16. The van der Waals surface area contributed by atoms with E-state index in [2.05, 4.69) is 12.2 Å². The third-order valence-corrected chi connectivity index (χ3v) is 5.55. The van der Waals surface area contributed by atoms with Crippen LogP contribution in [0.1, 0.15) is 53.9 Å². The highest BCUT2D eigenvalue weighted by Crippen LogP contribution is 2.44. The third-order valence-electron chi connectivity index (χ3n) is 5.55. The van der Waals surface area contributed by atoms with E-state index in [9.17, 15) is 4.79 Å². The summed E-state index contributed by atoms with van der Waals surface area (Å²) in [6, 6.07) is 7.31. The average molecular weight is 436 g/mol. The molecule has 3 aliphatic rings. The van der Waals surface area contributed by atoms with Crippen molar-refractivity contribution in [3.63, 3.8) is 0 Å². The molecule has 0 aromatic heterocycles. The molecule has 1 aromatic carbocycles. The Hall–Kier alpha value is -1.71. The number of carbonyl (C=O) groups is 1. The Bertz CT molecular complexity index is 779. The second-order valence-electron chi connectivity index (χ2n) is 9.16. The van der Waals surface area contributed by atoms with E-state index < -0.39 is 42.3 Å². The number of fused-ring (bicyclic) bond motifs is 3. The first-order valence-electron chi connectivity index (χ1n) is 11.1. The molecule has 4 rings (SSSR count). The zero-order chi connectivity index (χ0) is 22.2. The summed E-state index contributed by atoms with van der Waals surface area (Å²) < 4.78 is 35.6. The zero-order valence-corrected chi connectivity index (χ0v) is 18.9. The van der Waals surface area contributed by atoms with Crippen molar-refractivity contribution < 1.29 is 33.2 Å². The van der Waals surface area contributed by atoms with Crippen LogP contribution >= 0.6 is 0 Å². The molecular weight excluding hydrogens is 402 g/mol. The van der Waals surface area contributed by atoms with E-state index >= 15 is 0 Å². The van der Waals surface area contributed by atoms with Gasteiger partial charge in [0.1, 0.15) is 24.1 Å². The molecule has 3 fully saturated rings. The summed E-state index contributed by atoms with van der Waals surface area (Å²) in [5.41, 5.74) is 0.648. The molecule has 3 aliphatic heterocycles. The van der Waals surface area contributed by atoms with E-state index in [-0.39, 0.29) is 5.91 Å². The van der Waals surface area contributed by atoms with Crippen molar-refractivity contribution in [1.82, 2.24) is 0 Å². The Morgan fingerprint density at radius 1 is 0.935 bits per heavy atom. The van der Waals surface area contributed by atoms with Crippen LogP contribution < -0.4 is 10.1 Å². The number of anilines is 1. The molecule has 1 N–H and O–H groups in total. The van der Waals surface area contributed by atoms with Crippen molar-refractivity contribution in [3.8, 4) is 5.75 Å². The van der Waals surface area contributed by atoms with Gasteiger partial charge < -0.3 is 33.7 Å². The lowest BCUT2D eigenvalue weighted by atomic mass is 9.98. The van der Waals surface area contributed by atoms with Gasteiger partial charge in [0.2, 0.25) is 0 Å². The SMILES string of the molecule is CCCCCOc1ccc(NC(=O)[C@H]2O[C@H]3OC(C)(C)O[C@@H]3[C@H]3OC(C)(C)O[C@@H]32)cc1. The Morgan fingerprint density at radius 2 is 1.58 bits per heavy atom. The van der Waals surface area contributed by atoms with Gasteiger partial charge in [0, 0.05) is 5.69 Å². The van der Waals surface area contributed by atoms with Crippen molar-refractivity contribution in [1.29, 1.82) is 0 Å². The normalized spacial score (nSPS) is 32.9. The second kappa shape index (κ2) is 8.67. The lowest BCUT2D eigenvalue weighted by Gasteiger charge is -2.36. The van der Waals surface area contributed by atoms with Crippen molar-refractivity contribution in [3.05, 3.63) is 24.3 Å². The van der Waals surface area contributed by atoms with Crippen molar-refractivity contribution in [2.45, 2.75) is 96.2 Å². The summed E-state index contributed by atoms with van der Waals surface area (Å²) in [4.78, 5) is 13.1. The highest BCUT2D eigenvalue weighted by atomic mass is 16.9. The molecule has 8 nitrogen and oxygen atoms in total. The third kappa shape index (κ3) is 5.04. The quantitative estimate of drug-likeness (QED) is 0.655. The molecule has 0 saturated carbocycles. The van der Waals surface area contributed by atoms with Crippen LogP contribution in [0.15, 0.2) is 24.3 Å². The largest absolute Gasteiger partial charge is 0.494 e. The van der Waals surface area contributed by atoms with Gasteiger partial charge in [-0.15, -0.1) is 0 Å². The summed E-state index contributed by atoms with van der Waals surface area (Å²) >= 11 is 0. The van der Waals surface area contributed by atoms with Gasteiger partial charge in [-0.2, -0.15) is 0 Å². The summed E-state index contributed by atoms with van der Waals surface area (Å²) in [7, 11) is 0. The van der Waals surface area contributed by atoms with Crippen molar-refractivity contribution in [2.75, 3.05) is 11.9 Å². The van der Waals surface area contributed by atoms with Crippen LogP contribution in [0.3, 0.4) is 0 Å². The molecule has 3 heterocycles. The average Bonchev–Trinajstić information content (AvgIpc) is 3.19. The molecule has 3 saturated heterocycles. The molecule has 1 amide bonds. The minimum atomic E-state index is -0.893. The fourth-order valence-corrected chi connectivity index (χ4v) is 4.21. The Balaban J connectivity index is 1.42. The summed E-state index contributed by atoms with van der Waals surface area (Å²) in [6.07, 6.45) is 0.198. The number of unbranched alkanes of at least 4 members (excludes halogenated alkanes) is 2. The van der Waals surface area contributed by atoms with Gasteiger partial charge in [0.15, 0.2) is 24.0 Å². The molecule has 0 aliphatic carbocycles. The maximum Gasteiger partial charge on any atom is 0.256 e. The Kier molecular flexibility index (Phi) is 6.29. The molecule has 31 heavy (non-hydrogen) atoms. The van der Waals surface area contributed by atoms with Crippen LogP contribution in [-0.4, -0.2) is 54.8 Å². The summed E-state index contributed by atoms with van der Waals surface area (Å²) in [5, 5.41) is 2.90. The van der Waals surface area contributed by atoms with E-state index in [4.69, 9.17) is 28.4 Å². The van der Waals surface area contributed by atoms with E-state index in [1.807, 2.05) is 52.0 Å². The van der Waals surface area contributed by atoms with E-state index in [0.717, 1.165) is 25.0 Å². The van der Waals surface area contributed by atoms with Gasteiger partial charge in [-0.25, -0.2) is 0 Å². The predicted octanol–water partition coefficient (Wildman–Crippen LogP) is 3.59. The first-order valence-corrected chi connectivity index (χ1v) is 11.1. The van der Waals surface area contributed by atoms with Crippen LogP contribution in [-0.2, 0) is 28.5 Å². The standard InChI is InChI=1S/C23H33NO7/c1-6-7-8-13-26-15-11-9-14(10-12-15)24-20(25)18-16-17(29-22(2,3)28-16)19-21(27-18)31-23(4,5)30-19/h9-12,16-19,21H,6-8,13H2,1-5H3,(H,24,25)/t16-,17-,18-,19+,21-/m0/s1. The van der Waals surface area contributed by atoms with Gasteiger partial charge in [-0.1, -0.05) is 19.8 Å². The molecular formula is C23H33NO7. The molecule has 172 valence electrons. The predicted molar refractivity (Wildman–Crippen MR) is 113 cm³/mol. The molecule has 8 heteroatoms. The molecule has 0 bridgehead atoms. The topological polar surface area (TPSA) is 84.5 Å². The number of hydrogen-bond acceptors (Lipinski definition) is 7. The Labute approximate surface area is 183 Å². The lowest BCUT2D eigenvalue weighted by molar-refractivity contribution is -0.229. The van der Waals surface area contributed by atoms with Crippen LogP contribution in [0.25, 0.3) is 0 Å². The lowest BCUT2D eigenvalue weighted by Crippen LogP contribution is -2.58. The van der Waals surface area contributed by atoms with Crippen molar-refractivity contribution >= 4 is 11.6 Å². The minimum Gasteiger partial charge on any atom is -0.494 e. The molecule has 0 spiro atoms. The first-order chi connectivity index (χ1) is 14.7. The summed E-state index contributed by atoms with van der Waals surface area (Å²) in [5.74, 6) is -1.22. The fourth-order valence-electron chi connectivity index (χ4n) is 4.21. The number of ether oxygens (including phenoxy) is 6. The van der Waals surface area contributed by atoms with Crippen LogP contribution in [0.4, 0.5) is 5.69 Å². The number of nitrogens with one attached hydrogen (secondary N) is 1. The molecule has 0 radical (unpaired) electrons. The zero-order valence-electron chi connectivity index (χ0n) is 18.9. The molecule has 5 atom stereocenters. The van der Waals surface area contributed by atoms with Gasteiger partial charge in [-0.05, 0) is 58.4 Å². The number of carbonyl (C=O) groups excluding carboxylic acids is 1. The maximum absolute atomic E-state index is 13.1. The van der Waals surface area contributed by atoms with Crippen LogP contribution in [0.5, 0.6) is 5.75 Å². The minimum absolute atomic E-state index is 0.320. The maximum atomic E-state index is 13.1.